The molecule has 0 heterocycles. The van der Waals surface area contributed by atoms with E-state index in [0.717, 1.165) is 56.8 Å². The van der Waals surface area contributed by atoms with Crippen molar-refractivity contribution in [3.8, 4) is 11.1 Å². The maximum Gasteiger partial charge on any atom is 0.111 e. The van der Waals surface area contributed by atoms with Gasteiger partial charge in [0.2, 0.25) is 0 Å². The van der Waals surface area contributed by atoms with Gasteiger partial charge < -0.3 is 0 Å². The lowest BCUT2D eigenvalue weighted by Gasteiger charge is -2.34. The molecule has 0 nitrogen and oxygen atoms in total. The van der Waals surface area contributed by atoms with Crippen molar-refractivity contribution in [2.75, 3.05) is 0 Å². The molecular weight excluding hydrogens is 427 g/mol. The van der Waals surface area contributed by atoms with E-state index in [-0.39, 0.29) is 0 Å². The third-order valence-electron chi connectivity index (χ3n) is 9.27. The molecule has 2 saturated carbocycles. The van der Waals surface area contributed by atoms with E-state index in [0.29, 0.717) is 5.92 Å². The van der Waals surface area contributed by atoms with Crippen molar-refractivity contribution < 1.29 is 4.39 Å². The molecule has 2 aromatic rings. The molecule has 0 spiro atoms. The van der Waals surface area contributed by atoms with Crippen molar-refractivity contribution in [3.63, 3.8) is 0 Å². The topological polar surface area (TPSA) is 0 Å². The molecule has 2 aliphatic carbocycles. The minimum atomic E-state index is -0.901. The SMILES string of the molecule is CCCCCC1(F)CCC(c2ccc(-c3ccc([C@H]4CC[C@H](CCCCC)CC4)cc3)cc2)CC1. The molecule has 2 aromatic carbocycles. The van der Waals surface area contributed by atoms with Crippen LogP contribution in [0.3, 0.4) is 0 Å². The van der Waals surface area contributed by atoms with E-state index < -0.39 is 5.67 Å². The van der Waals surface area contributed by atoms with E-state index in [9.17, 15) is 0 Å². The Morgan fingerprint density at radius 3 is 1.63 bits per heavy atom. The molecule has 1 heteroatoms. The summed E-state index contributed by atoms with van der Waals surface area (Å²) in [5.74, 6) is 2.26. The summed E-state index contributed by atoms with van der Waals surface area (Å²) in [6, 6.07) is 18.6. The lowest BCUT2D eigenvalue weighted by Crippen LogP contribution is -2.28. The van der Waals surface area contributed by atoms with E-state index in [4.69, 9.17) is 0 Å². The number of halogens is 1. The standard InChI is InChI=1S/C34H49F/c1-3-5-7-9-27-10-12-28(13-11-27)29-14-16-30(17-15-29)31-18-20-32(21-19-31)33-22-25-34(35,26-23-33)24-8-6-4-2/h14-21,27-28,33H,3-13,22-26H2,1-2H3/t27-,28-,33?,34?. The van der Waals surface area contributed by atoms with Gasteiger partial charge in [0.1, 0.15) is 5.67 Å². The average Bonchev–Trinajstić information content (AvgIpc) is 2.90. The number of alkyl halides is 1. The fraction of sp³-hybridized carbons (Fsp3) is 0.647. The van der Waals surface area contributed by atoms with Crippen LogP contribution < -0.4 is 0 Å². The van der Waals surface area contributed by atoms with Crippen LogP contribution in [0, 0.1) is 5.92 Å². The molecule has 0 aromatic heterocycles. The molecule has 4 rings (SSSR count). The third-order valence-corrected chi connectivity index (χ3v) is 9.27. The molecule has 0 amide bonds. The largest absolute Gasteiger partial charge is 0.244 e. The smallest absolute Gasteiger partial charge is 0.111 e. The lowest BCUT2D eigenvalue weighted by atomic mass is 9.75. The molecule has 192 valence electrons. The van der Waals surface area contributed by atoms with Gasteiger partial charge in [-0.15, -0.1) is 0 Å². The first kappa shape index (κ1) is 26.4. The third kappa shape index (κ3) is 7.43. The van der Waals surface area contributed by atoms with Gasteiger partial charge in [0.15, 0.2) is 0 Å². The Bertz CT molecular complexity index is 848. The first-order valence-corrected chi connectivity index (χ1v) is 15.0. The van der Waals surface area contributed by atoms with E-state index in [1.54, 1.807) is 0 Å². The molecule has 2 aliphatic rings. The number of hydrogen-bond donors (Lipinski definition) is 0. The van der Waals surface area contributed by atoms with Gasteiger partial charge in [0, 0.05) is 0 Å². The Morgan fingerprint density at radius 2 is 1.11 bits per heavy atom. The van der Waals surface area contributed by atoms with E-state index >= 15 is 4.39 Å². The van der Waals surface area contributed by atoms with Gasteiger partial charge in [-0.25, -0.2) is 4.39 Å². The Labute approximate surface area is 215 Å². The highest BCUT2D eigenvalue weighted by Gasteiger charge is 2.35. The number of hydrogen-bond acceptors (Lipinski definition) is 0. The van der Waals surface area contributed by atoms with Gasteiger partial charge in [-0.05, 0) is 97.8 Å². The van der Waals surface area contributed by atoms with Crippen LogP contribution >= 0.6 is 0 Å². The quantitative estimate of drug-likeness (QED) is 0.283. The Kier molecular flexibility index (Phi) is 9.87. The van der Waals surface area contributed by atoms with Gasteiger partial charge >= 0.3 is 0 Å². The van der Waals surface area contributed by atoms with Crippen molar-refractivity contribution in [3.05, 3.63) is 59.7 Å². The number of rotatable bonds is 11. The monoisotopic (exact) mass is 476 g/mol. The van der Waals surface area contributed by atoms with Gasteiger partial charge in [0.05, 0.1) is 0 Å². The van der Waals surface area contributed by atoms with Crippen molar-refractivity contribution in [1.29, 1.82) is 0 Å². The zero-order valence-corrected chi connectivity index (χ0v) is 22.5. The molecule has 35 heavy (non-hydrogen) atoms. The van der Waals surface area contributed by atoms with Crippen molar-refractivity contribution in [1.82, 2.24) is 0 Å². The second-order valence-corrected chi connectivity index (χ2v) is 11.8. The molecule has 0 N–H and O–H groups in total. The Hall–Kier alpha value is -1.63. The minimum absolute atomic E-state index is 0.526. The fourth-order valence-electron chi connectivity index (χ4n) is 6.77. The summed E-state index contributed by atoms with van der Waals surface area (Å²) in [5.41, 5.74) is 4.65. The first-order valence-electron chi connectivity index (χ1n) is 15.0. The Morgan fingerprint density at radius 1 is 0.629 bits per heavy atom. The molecule has 0 saturated heterocycles. The van der Waals surface area contributed by atoms with Crippen molar-refractivity contribution >= 4 is 0 Å². The molecular formula is C34H49F. The summed E-state index contributed by atoms with van der Waals surface area (Å²) in [4.78, 5) is 0. The van der Waals surface area contributed by atoms with Crippen LogP contribution in [-0.4, -0.2) is 5.67 Å². The minimum Gasteiger partial charge on any atom is -0.244 e. The zero-order chi connectivity index (χ0) is 24.5. The Balaban J connectivity index is 1.27. The number of benzene rings is 2. The van der Waals surface area contributed by atoms with E-state index in [1.807, 2.05) is 0 Å². The van der Waals surface area contributed by atoms with Crippen LogP contribution in [-0.2, 0) is 0 Å². The second kappa shape index (κ2) is 13.1. The normalized spacial score (nSPS) is 27.1. The zero-order valence-electron chi connectivity index (χ0n) is 22.5. The van der Waals surface area contributed by atoms with Gasteiger partial charge in [-0.2, -0.15) is 0 Å². The van der Waals surface area contributed by atoms with Crippen LogP contribution in [0.2, 0.25) is 0 Å². The van der Waals surface area contributed by atoms with Crippen LogP contribution in [0.4, 0.5) is 4.39 Å². The van der Waals surface area contributed by atoms with E-state index in [2.05, 4.69) is 62.4 Å². The highest BCUT2D eigenvalue weighted by molar-refractivity contribution is 5.64. The molecule has 2 fully saturated rings. The van der Waals surface area contributed by atoms with Crippen LogP contribution in [0.5, 0.6) is 0 Å². The predicted octanol–water partition coefficient (Wildman–Crippen LogP) is 11.2. The molecule has 0 radical (unpaired) electrons. The average molecular weight is 477 g/mol. The molecule has 0 atom stereocenters. The van der Waals surface area contributed by atoms with E-state index in [1.165, 1.54) is 80.0 Å². The summed E-state index contributed by atoms with van der Waals surface area (Å²) in [7, 11) is 0. The molecule has 0 aliphatic heterocycles. The lowest BCUT2D eigenvalue weighted by molar-refractivity contribution is 0.0851. The van der Waals surface area contributed by atoms with Crippen molar-refractivity contribution in [2.45, 2.75) is 134 Å². The summed E-state index contributed by atoms with van der Waals surface area (Å²) < 4.78 is 15.1. The highest BCUT2D eigenvalue weighted by Crippen LogP contribution is 2.43. The van der Waals surface area contributed by atoms with Crippen LogP contribution in [0.1, 0.15) is 140 Å². The fourth-order valence-corrected chi connectivity index (χ4v) is 6.77. The summed E-state index contributed by atoms with van der Waals surface area (Å²) in [5, 5.41) is 0. The van der Waals surface area contributed by atoms with Crippen LogP contribution in [0.25, 0.3) is 11.1 Å². The van der Waals surface area contributed by atoms with Crippen LogP contribution in [0.15, 0.2) is 48.5 Å². The number of unbranched alkanes of at least 4 members (excludes halogenated alkanes) is 4. The highest BCUT2D eigenvalue weighted by atomic mass is 19.1. The summed E-state index contributed by atoms with van der Waals surface area (Å²) >= 11 is 0. The van der Waals surface area contributed by atoms with Gasteiger partial charge in [0.25, 0.3) is 0 Å². The summed E-state index contributed by atoms with van der Waals surface area (Å²) in [6.07, 6.45) is 18.8. The van der Waals surface area contributed by atoms with Gasteiger partial charge in [-0.3, -0.25) is 0 Å². The first-order chi connectivity index (χ1) is 17.1. The van der Waals surface area contributed by atoms with Crippen molar-refractivity contribution in [2.24, 2.45) is 5.92 Å². The second-order valence-electron chi connectivity index (χ2n) is 11.8. The maximum atomic E-state index is 15.1. The molecule has 0 bridgehead atoms. The van der Waals surface area contributed by atoms with Gasteiger partial charge in [-0.1, -0.05) is 107 Å². The molecule has 0 unspecified atom stereocenters. The predicted molar refractivity (Wildman–Crippen MR) is 150 cm³/mol. The maximum absolute atomic E-state index is 15.1. The summed E-state index contributed by atoms with van der Waals surface area (Å²) in [6.45, 7) is 4.50.